The molecule has 0 aliphatic heterocycles. The second-order valence-electron chi connectivity index (χ2n) is 6.38. The standard InChI is InChI=1S/C23H18N2/c1-3-9-18(10-4-1)16-24-21-13-7-8-14-22(21)25-17-20(15-23(24)25)19-11-5-2-6-12-19/h1-15,17H,16H2. The summed E-state index contributed by atoms with van der Waals surface area (Å²) in [5.41, 5.74) is 7.55. The molecule has 0 aliphatic rings. The van der Waals surface area contributed by atoms with Crippen LogP contribution in [0, 0.1) is 0 Å². The average Bonchev–Trinajstić information content (AvgIpc) is 3.23. The molecule has 0 N–H and O–H groups in total. The van der Waals surface area contributed by atoms with Crippen LogP contribution in [0.4, 0.5) is 0 Å². The maximum absolute atomic E-state index is 2.40. The van der Waals surface area contributed by atoms with E-state index in [4.69, 9.17) is 0 Å². The van der Waals surface area contributed by atoms with Gasteiger partial charge >= 0.3 is 0 Å². The monoisotopic (exact) mass is 322 g/mol. The van der Waals surface area contributed by atoms with Crippen LogP contribution in [-0.4, -0.2) is 8.97 Å². The third-order valence-electron chi connectivity index (χ3n) is 4.80. The van der Waals surface area contributed by atoms with Crippen molar-refractivity contribution in [3.05, 3.63) is 103 Å². The fourth-order valence-electron chi connectivity index (χ4n) is 3.59. The summed E-state index contributed by atoms with van der Waals surface area (Å²) in [6, 6.07) is 32.1. The fourth-order valence-corrected chi connectivity index (χ4v) is 3.59. The minimum Gasteiger partial charge on any atom is -0.321 e. The lowest BCUT2D eigenvalue weighted by Gasteiger charge is -2.06. The summed E-state index contributed by atoms with van der Waals surface area (Å²) in [7, 11) is 0. The van der Waals surface area contributed by atoms with Crippen molar-refractivity contribution < 1.29 is 0 Å². The number of imidazole rings is 1. The van der Waals surface area contributed by atoms with Crippen molar-refractivity contribution in [3.63, 3.8) is 0 Å². The van der Waals surface area contributed by atoms with Crippen LogP contribution >= 0.6 is 0 Å². The zero-order valence-corrected chi connectivity index (χ0v) is 13.8. The van der Waals surface area contributed by atoms with E-state index in [9.17, 15) is 0 Å². The predicted octanol–water partition coefficient (Wildman–Crippen LogP) is 5.61. The van der Waals surface area contributed by atoms with Crippen LogP contribution in [0.15, 0.2) is 97.2 Å². The van der Waals surface area contributed by atoms with Gasteiger partial charge in [0.2, 0.25) is 0 Å². The van der Waals surface area contributed by atoms with Crippen molar-refractivity contribution in [2.24, 2.45) is 0 Å². The number of aromatic nitrogens is 2. The quantitative estimate of drug-likeness (QED) is 0.408. The average molecular weight is 322 g/mol. The van der Waals surface area contributed by atoms with Crippen molar-refractivity contribution in [1.82, 2.24) is 8.97 Å². The minimum absolute atomic E-state index is 0.871. The molecule has 0 radical (unpaired) electrons. The van der Waals surface area contributed by atoms with Crippen LogP contribution in [0.1, 0.15) is 5.56 Å². The van der Waals surface area contributed by atoms with Crippen LogP contribution in [0.3, 0.4) is 0 Å². The zero-order valence-electron chi connectivity index (χ0n) is 13.8. The van der Waals surface area contributed by atoms with Crippen molar-refractivity contribution in [3.8, 4) is 11.1 Å². The van der Waals surface area contributed by atoms with Crippen molar-refractivity contribution in [2.75, 3.05) is 0 Å². The molecule has 5 aromatic rings. The molecule has 3 aromatic carbocycles. The highest BCUT2D eigenvalue weighted by molar-refractivity contribution is 5.85. The summed E-state index contributed by atoms with van der Waals surface area (Å²) in [6.45, 7) is 0.871. The van der Waals surface area contributed by atoms with E-state index in [0.717, 1.165) is 6.54 Å². The maximum Gasteiger partial charge on any atom is 0.118 e. The van der Waals surface area contributed by atoms with E-state index in [1.54, 1.807) is 0 Å². The summed E-state index contributed by atoms with van der Waals surface area (Å²) in [5.74, 6) is 0. The lowest BCUT2D eigenvalue weighted by atomic mass is 10.1. The first kappa shape index (κ1) is 14.1. The molecule has 120 valence electrons. The highest BCUT2D eigenvalue weighted by atomic mass is 15.1. The van der Waals surface area contributed by atoms with Crippen LogP contribution in [-0.2, 0) is 6.54 Å². The molecule has 0 unspecified atom stereocenters. The zero-order chi connectivity index (χ0) is 16.6. The largest absolute Gasteiger partial charge is 0.321 e. The number of rotatable bonds is 3. The Balaban J connectivity index is 1.74. The summed E-state index contributed by atoms with van der Waals surface area (Å²) < 4.78 is 4.71. The van der Waals surface area contributed by atoms with Gasteiger partial charge in [-0.05, 0) is 29.3 Å². The van der Waals surface area contributed by atoms with E-state index in [-0.39, 0.29) is 0 Å². The Morgan fingerprint density at radius 3 is 2.00 bits per heavy atom. The Morgan fingerprint density at radius 1 is 0.600 bits per heavy atom. The molecule has 5 rings (SSSR count). The predicted molar refractivity (Wildman–Crippen MR) is 104 cm³/mol. The molecule has 2 heterocycles. The Morgan fingerprint density at radius 2 is 1.24 bits per heavy atom. The Kier molecular flexibility index (Phi) is 3.20. The lowest BCUT2D eigenvalue weighted by molar-refractivity contribution is 0.858. The van der Waals surface area contributed by atoms with E-state index in [1.165, 1.54) is 33.4 Å². The fraction of sp³-hybridized carbons (Fsp3) is 0.0435. The Hall–Kier alpha value is -3.26. The molecule has 2 nitrogen and oxygen atoms in total. The van der Waals surface area contributed by atoms with Gasteiger partial charge in [-0.25, -0.2) is 0 Å². The number of benzene rings is 3. The number of nitrogens with zero attached hydrogens (tertiary/aromatic N) is 2. The molecule has 0 aliphatic carbocycles. The van der Waals surface area contributed by atoms with Gasteiger partial charge in [-0.2, -0.15) is 0 Å². The molecule has 0 saturated heterocycles. The van der Waals surface area contributed by atoms with Crippen LogP contribution in [0.5, 0.6) is 0 Å². The molecular weight excluding hydrogens is 304 g/mol. The van der Waals surface area contributed by atoms with Gasteiger partial charge < -0.3 is 8.97 Å². The molecule has 0 amide bonds. The van der Waals surface area contributed by atoms with E-state index < -0.39 is 0 Å². The van der Waals surface area contributed by atoms with Crippen LogP contribution in [0.25, 0.3) is 27.8 Å². The number of fused-ring (bicyclic) bond motifs is 3. The number of hydrogen-bond donors (Lipinski definition) is 0. The smallest absolute Gasteiger partial charge is 0.118 e. The molecule has 0 spiro atoms. The van der Waals surface area contributed by atoms with Gasteiger partial charge in [0.25, 0.3) is 0 Å². The molecule has 25 heavy (non-hydrogen) atoms. The second-order valence-corrected chi connectivity index (χ2v) is 6.38. The highest BCUT2D eigenvalue weighted by Gasteiger charge is 2.13. The van der Waals surface area contributed by atoms with E-state index in [2.05, 4.69) is 106 Å². The minimum atomic E-state index is 0.871. The van der Waals surface area contributed by atoms with Crippen molar-refractivity contribution in [1.29, 1.82) is 0 Å². The molecule has 0 atom stereocenters. The molecule has 0 saturated carbocycles. The number of hydrogen-bond acceptors (Lipinski definition) is 0. The van der Waals surface area contributed by atoms with E-state index in [1.807, 2.05) is 0 Å². The third-order valence-corrected chi connectivity index (χ3v) is 4.80. The molecular formula is C23H18N2. The van der Waals surface area contributed by atoms with Crippen molar-refractivity contribution >= 4 is 16.7 Å². The molecule has 2 aromatic heterocycles. The summed E-state index contributed by atoms with van der Waals surface area (Å²) in [6.07, 6.45) is 2.24. The van der Waals surface area contributed by atoms with E-state index in [0.29, 0.717) is 0 Å². The number of para-hydroxylation sites is 2. The molecule has 0 fully saturated rings. The van der Waals surface area contributed by atoms with Gasteiger partial charge in [0, 0.05) is 18.3 Å². The third kappa shape index (κ3) is 2.34. The topological polar surface area (TPSA) is 9.34 Å². The SMILES string of the molecule is c1ccc(Cn2c3ccccc3n3cc(-c4ccccc4)cc23)cc1. The van der Waals surface area contributed by atoms with E-state index >= 15 is 0 Å². The first-order chi connectivity index (χ1) is 12.4. The van der Waals surface area contributed by atoms with Gasteiger partial charge in [0.15, 0.2) is 0 Å². The molecule has 2 heteroatoms. The van der Waals surface area contributed by atoms with Gasteiger partial charge in [-0.1, -0.05) is 72.8 Å². The summed E-state index contributed by atoms with van der Waals surface area (Å²) >= 11 is 0. The van der Waals surface area contributed by atoms with Gasteiger partial charge in [0.05, 0.1) is 11.0 Å². The lowest BCUT2D eigenvalue weighted by Crippen LogP contribution is -1.98. The van der Waals surface area contributed by atoms with Crippen LogP contribution < -0.4 is 0 Å². The normalized spacial score (nSPS) is 11.4. The van der Waals surface area contributed by atoms with Gasteiger partial charge in [-0.3, -0.25) is 0 Å². The Bertz CT molecular complexity index is 1150. The first-order valence-electron chi connectivity index (χ1n) is 8.59. The maximum atomic E-state index is 2.40. The second kappa shape index (κ2) is 5.67. The molecule has 0 bridgehead atoms. The highest BCUT2D eigenvalue weighted by Crippen LogP contribution is 2.29. The van der Waals surface area contributed by atoms with Gasteiger partial charge in [-0.15, -0.1) is 0 Å². The summed E-state index contributed by atoms with van der Waals surface area (Å²) in [5, 5.41) is 0. The van der Waals surface area contributed by atoms with Crippen LogP contribution in [0.2, 0.25) is 0 Å². The van der Waals surface area contributed by atoms with Crippen molar-refractivity contribution in [2.45, 2.75) is 6.54 Å². The van der Waals surface area contributed by atoms with Gasteiger partial charge in [0.1, 0.15) is 5.65 Å². The summed E-state index contributed by atoms with van der Waals surface area (Å²) in [4.78, 5) is 0. The Labute approximate surface area is 146 Å². The first-order valence-corrected chi connectivity index (χ1v) is 8.59.